The standard InChI is InChI=1S/C12H18N4O/c1-8(2)11-4-12(14-7-13-11)15-10-5-16(6-10)9(3)17/h4,7-8,10H,5-6H2,1-3H3,(H,13,14,15). The molecule has 5 nitrogen and oxygen atoms in total. The van der Waals surface area contributed by atoms with Gasteiger partial charge in [0.1, 0.15) is 12.1 Å². The van der Waals surface area contributed by atoms with Crippen LogP contribution in [0.2, 0.25) is 0 Å². The Hall–Kier alpha value is -1.65. The average molecular weight is 234 g/mol. The summed E-state index contributed by atoms with van der Waals surface area (Å²) >= 11 is 0. The predicted octanol–water partition coefficient (Wildman–Crippen LogP) is 1.24. The Morgan fingerprint density at radius 3 is 2.76 bits per heavy atom. The molecular weight excluding hydrogens is 216 g/mol. The van der Waals surface area contributed by atoms with Gasteiger partial charge in [-0.15, -0.1) is 0 Å². The Bertz CT molecular complexity index is 413. The average Bonchev–Trinajstić information content (AvgIpc) is 2.22. The first kappa shape index (κ1) is 11.8. The maximum Gasteiger partial charge on any atom is 0.219 e. The van der Waals surface area contributed by atoms with Gasteiger partial charge < -0.3 is 10.2 Å². The SMILES string of the molecule is CC(=O)N1CC(Nc2cc(C(C)C)ncn2)C1. The summed E-state index contributed by atoms with van der Waals surface area (Å²) in [5.74, 6) is 1.37. The van der Waals surface area contributed by atoms with E-state index in [-0.39, 0.29) is 5.91 Å². The maximum atomic E-state index is 11.0. The van der Waals surface area contributed by atoms with E-state index < -0.39 is 0 Å². The number of likely N-dealkylation sites (tertiary alicyclic amines) is 1. The number of rotatable bonds is 3. The fourth-order valence-electron chi connectivity index (χ4n) is 1.80. The Balaban J connectivity index is 1.92. The van der Waals surface area contributed by atoms with Crippen molar-refractivity contribution >= 4 is 11.7 Å². The van der Waals surface area contributed by atoms with Crippen molar-refractivity contribution in [1.82, 2.24) is 14.9 Å². The van der Waals surface area contributed by atoms with Gasteiger partial charge in [-0.25, -0.2) is 9.97 Å². The lowest BCUT2D eigenvalue weighted by Crippen LogP contribution is -2.56. The van der Waals surface area contributed by atoms with E-state index in [1.54, 1.807) is 13.3 Å². The third-order valence-corrected chi connectivity index (χ3v) is 2.96. The van der Waals surface area contributed by atoms with Crippen LogP contribution in [0.5, 0.6) is 0 Å². The van der Waals surface area contributed by atoms with Crippen molar-refractivity contribution < 1.29 is 4.79 Å². The number of anilines is 1. The van der Waals surface area contributed by atoms with Crippen LogP contribution in [0, 0.1) is 0 Å². The van der Waals surface area contributed by atoms with Gasteiger partial charge in [0, 0.05) is 31.8 Å². The highest BCUT2D eigenvalue weighted by atomic mass is 16.2. The van der Waals surface area contributed by atoms with Crippen molar-refractivity contribution in [3.8, 4) is 0 Å². The molecule has 1 aromatic rings. The first-order valence-electron chi connectivity index (χ1n) is 5.90. The smallest absolute Gasteiger partial charge is 0.219 e. The number of aromatic nitrogens is 2. The Labute approximate surface area is 101 Å². The minimum atomic E-state index is 0.133. The van der Waals surface area contributed by atoms with E-state index in [1.807, 2.05) is 11.0 Å². The Morgan fingerprint density at radius 2 is 2.18 bits per heavy atom. The molecule has 1 aromatic heterocycles. The van der Waals surface area contributed by atoms with Gasteiger partial charge in [-0.2, -0.15) is 0 Å². The quantitative estimate of drug-likeness (QED) is 0.855. The van der Waals surface area contributed by atoms with Crippen LogP contribution in [-0.4, -0.2) is 39.9 Å². The van der Waals surface area contributed by atoms with E-state index in [0.717, 1.165) is 24.6 Å². The summed E-state index contributed by atoms with van der Waals surface area (Å²) in [6, 6.07) is 2.29. The highest BCUT2D eigenvalue weighted by Gasteiger charge is 2.28. The summed E-state index contributed by atoms with van der Waals surface area (Å²) in [6.07, 6.45) is 1.58. The molecular formula is C12H18N4O. The summed E-state index contributed by atoms with van der Waals surface area (Å²) in [5, 5.41) is 3.31. The van der Waals surface area contributed by atoms with Gasteiger partial charge in [0.05, 0.1) is 6.04 Å². The van der Waals surface area contributed by atoms with Crippen LogP contribution in [0.3, 0.4) is 0 Å². The largest absolute Gasteiger partial charge is 0.364 e. The number of carbonyl (C=O) groups excluding carboxylic acids is 1. The second-order valence-electron chi connectivity index (χ2n) is 4.75. The topological polar surface area (TPSA) is 58.1 Å². The lowest BCUT2D eigenvalue weighted by atomic mass is 10.1. The van der Waals surface area contributed by atoms with Gasteiger partial charge >= 0.3 is 0 Å². The van der Waals surface area contributed by atoms with Gasteiger partial charge in [0.2, 0.25) is 5.91 Å². The number of carbonyl (C=O) groups is 1. The molecule has 92 valence electrons. The highest BCUT2D eigenvalue weighted by Crippen LogP contribution is 2.17. The van der Waals surface area contributed by atoms with Crippen molar-refractivity contribution in [1.29, 1.82) is 0 Å². The number of nitrogens with zero attached hydrogens (tertiary/aromatic N) is 3. The number of hydrogen-bond donors (Lipinski definition) is 1. The molecule has 0 atom stereocenters. The van der Waals surface area contributed by atoms with Gasteiger partial charge in [0.15, 0.2) is 0 Å². The summed E-state index contributed by atoms with van der Waals surface area (Å²) in [6.45, 7) is 7.32. The molecule has 0 radical (unpaired) electrons. The molecule has 0 aliphatic carbocycles. The molecule has 17 heavy (non-hydrogen) atoms. The van der Waals surface area contributed by atoms with E-state index in [1.165, 1.54) is 0 Å². The van der Waals surface area contributed by atoms with E-state index >= 15 is 0 Å². The lowest BCUT2D eigenvalue weighted by molar-refractivity contribution is -0.132. The summed E-state index contributed by atoms with van der Waals surface area (Å²) in [5.41, 5.74) is 1.03. The van der Waals surface area contributed by atoms with Gasteiger partial charge in [-0.05, 0) is 5.92 Å². The molecule has 5 heteroatoms. The minimum Gasteiger partial charge on any atom is -0.364 e. The molecule has 2 rings (SSSR count). The zero-order valence-corrected chi connectivity index (χ0v) is 10.5. The minimum absolute atomic E-state index is 0.133. The molecule has 1 N–H and O–H groups in total. The first-order valence-corrected chi connectivity index (χ1v) is 5.90. The van der Waals surface area contributed by atoms with Crippen molar-refractivity contribution in [3.63, 3.8) is 0 Å². The Morgan fingerprint density at radius 1 is 1.47 bits per heavy atom. The maximum absolute atomic E-state index is 11.0. The van der Waals surface area contributed by atoms with Crippen LogP contribution >= 0.6 is 0 Å². The number of amides is 1. The van der Waals surface area contributed by atoms with E-state index in [4.69, 9.17) is 0 Å². The van der Waals surface area contributed by atoms with Crippen molar-refractivity contribution in [2.45, 2.75) is 32.7 Å². The van der Waals surface area contributed by atoms with E-state index in [2.05, 4.69) is 29.1 Å². The van der Waals surface area contributed by atoms with Crippen molar-refractivity contribution in [2.75, 3.05) is 18.4 Å². The molecule has 0 saturated carbocycles. The molecule has 0 bridgehead atoms. The summed E-state index contributed by atoms with van der Waals surface area (Å²) < 4.78 is 0. The summed E-state index contributed by atoms with van der Waals surface area (Å²) in [4.78, 5) is 21.3. The highest BCUT2D eigenvalue weighted by molar-refractivity contribution is 5.74. The van der Waals surface area contributed by atoms with Crippen LogP contribution in [0.25, 0.3) is 0 Å². The molecule has 2 heterocycles. The summed E-state index contributed by atoms with van der Waals surface area (Å²) in [7, 11) is 0. The van der Waals surface area contributed by atoms with Gasteiger partial charge in [-0.3, -0.25) is 4.79 Å². The lowest BCUT2D eigenvalue weighted by Gasteiger charge is -2.39. The first-order chi connectivity index (χ1) is 8.06. The zero-order chi connectivity index (χ0) is 12.4. The van der Waals surface area contributed by atoms with E-state index in [0.29, 0.717) is 12.0 Å². The van der Waals surface area contributed by atoms with Crippen LogP contribution in [0.1, 0.15) is 32.4 Å². The molecule has 0 spiro atoms. The molecule has 1 saturated heterocycles. The molecule has 0 unspecified atom stereocenters. The monoisotopic (exact) mass is 234 g/mol. The second kappa shape index (κ2) is 4.69. The number of nitrogens with one attached hydrogen (secondary N) is 1. The Kier molecular flexibility index (Phi) is 3.26. The fourth-order valence-corrected chi connectivity index (χ4v) is 1.80. The predicted molar refractivity (Wildman–Crippen MR) is 65.8 cm³/mol. The normalized spacial score (nSPS) is 15.9. The number of hydrogen-bond acceptors (Lipinski definition) is 4. The molecule has 1 aliphatic heterocycles. The van der Waals surface area contributed by atoms with Gasteiger partial charge in [-0.1, -0.05) is 13.8 Å². The van der Waals surface area contributed by atoms with Crippen LogP contribution in [-0.2, 0) is 4.79 Å². The van der Waals surface area contributed by atoms with Crippen molar-refractivity contribution in [3.05, 3.63) is 18.1 Å². The third kappa shape index (κ3) is 2.72. The van der Waals surface area contributed by atoms with Crippen LogP contribution < -0.4 is 5.32 Å². The van der Waals surface area contributed by atoms with Gasteiger partial charge in [0.25, 0.3) is 0 Å². The molecule has 1 fully saturated rings. The van der Waals surface area contributed by atoms with E-state index in [9.17, 15) is 4.79 Å². The molecule has 1 amide bonds. The van der Waals surface area contributed by atoms with Crippen LogP contribution in [0.15, 0.2) is 12.4 Å². The van der Waals surface area contributed by atoms with Crippen molar-refractivity contribution in [2.24, 2.45) is 0 Å². The van der Waals surface area contributed by atoms with Crippen LogP contribution in [0.4, 0.5) is 5.82 Å². The molecule has 1 aliphatic rings. The zero-order valence-electron chi connectivity index (χ0n) is 10.5. The second-order valence-corrected chi connectivity index (χ2v) is 4.75. The third-order valence-electron chi connectivity index (χ3n) is 2.96. The fraction of sp³-hybridized carbons (Fsp3) is 0.583. The molecule has 0 aromatic carbocycles.